The van der Waals surface area contributed by atoms with Crippen LogP contribution in [-0.2, 0) is 16.1 Å². The smallest absolute Gasteiger partial charge is 0.407 e. The molecule has 1 amide bonds. The molecule has 2 unspecified atom stereocenters. The van der Waals surface area contributed by atoms with Crippen molar-refractivity contribution in [3.63, 3.8) is 0 Å². The molecular formula is C19H21N3O4. The van der Waals surface area contributed by atoms with Crippen LogP contribution in [0.1, 0.15) is 19.4 Å². The number of hydrogen-bond acceptors (Lipinski definition) is 5. The van der Waals surface area contributed by atoms with E-state index in [1.54, 1.807) is 23.1 Å². The summed E-state index contributed by atoms with van der Waals surface area (Å²) in [7, 11) is 0. The van der Waals surface area contributed by atoms with Gasteiger partial charge in [-0.1, -0.05) is 36.4 Å². The van der Waals surface area contributed by atoms with Gasteiger partial charge in [-0.05, 0) is 31.6 Å². The number of aliphatic imine (C=N–C) groups is 1. The number of aliphatic carboxylic acids is 1. The Bertz CT molecular complexity index is 800. The summed E-state index contributed by atoms with van der Waals surface area (Å²) in [6.07, 6.45) is 4.44. The minimum atomic E-state index is -1.01. The number of hydrogen-bond donors (Lipinski definition) is 2. The van der Waals surface area contributed by atoms with E-state index in [-0.39, 0.29) is 18.3 Å². The van der Waals surface area contributed by atoms with Crippen LogP contribution in [0.3, 0.4) is 0 Å². The largest absolute Gasteiger partial charge is 0.477 e. The highest BCUT2D eigenvalue weighted by Crippen LogP contribution is 2.29. The summed E-state index contributed by atoms with van der Waals surface area (Å²) >= 11 is 0. The molecule has 0 saturated heterocycles. The summed E-state index contributed by atoms with van der Waals surface area (Å²) in [5.74, 6) is -0.423. The van der Waals surface area contributed by atoms with Crippen molar-refractivity contribution in [1.29, 1.82) is 0 Å². The Morgan fingerprint density at radius 3 is 2.81 bits per heavy atom. The first-order valence-corrected chi connectivity index (χ1v) is 8.35. The summed E-state index contributed by atoms with van der Waals surface area (Å²) in [6.45, 7) is 4.27. The van der Waals surface area contributed by atoms with Gasteiger partial charge in [0.2, 0.25) is 0 Å². The highest BCUT2D eigenvalue weighted by Gasteiger charge is 2.42. The van der Waals surface area contributed by atoms with Gasteiger partial charge < -0.3 is 20.1 Å². The molecule has 2 atom stereocenters. The van der Waals surface area contributed by atoms with E-state index in [9.17, 15) is 14.7 Å². The first kappa shape index (κ1) is 17.7. The molecule has 0 radical (unpaired) electrons. The minimum absolute atomic E-state index is 0.175. The molecule has 0 aliphatic carbocycles. The average molecular weight is 355 g/mol. The second-order valence-electron chi connectivity index (χ2n) is 6.56. The summed E-state index contributed by atoms with van der Waals surface area (Å²) in [5, 5.41) is 12.1. The third-order valence-electron chi connectivity index (χ3n) is 4.61. The Labute approximate surface area is 151 Å². The number of carbonyl (C=O) groups excluding carboxylic acids is 1. The fourth-order valence-corrected chi connectivity index (χ4v) is 2.93. The van der Waals surface area contributed by atoms with Crippen molar-refractivity contribution < 1.29 is 19.4 Å². The zero-order valence-electron chi connectivity index (χ0n) is 14.7. The number of carbonyl (C=O) groups is 2. The van der Waals surface area contributed by atoms with Crippen LogP contribution in [0.25, 0.3) is 0 Å². The average Bonchev–Trinajstić information content (AvgIpc) is 2.98. The molecule has 7 heteroatoms. The molecule has 7 nitrogen and oxygen atoms in total. The number of nitrogens with zero attached hydrogens (tertiary/aromatic N) is 2. The number of alkyl carbamates (subject to hydrolysis) is 1. The van der Waals surface area contributed by atoms with Crippen LogP contribution in [0.2, 0.25) is 0 Å². The van der Waals surface area contributed by atoms with Crippen LogP contribution in [0.4, 0.5) is 4.79 Å². The summed E-state index contributed by atoms with van der Waals surface area (Å²) in [4.78, 5) is 29.8. The molecule has 1 aromatic carbocycles. The molecular weight excluding hydrogens is 334 g/mol. The Morgan fingerprint density at radius 1 is 1.38 bits per heavy atom. The predicted octanol–water partition coefficient (Wildman–Crippen LogP) is 2.31. The molecule has 0 fully saturated rings. The van der Waals surface area contributed by atoms with Crippen LogP contribution >= 0.6 is 0 Å². The molecule has 2 aliphatic heterocycles. The third kappa shape index (κ3) is 3.61. The van der Waals surface area contributed by atoms with Crippen LogP contribution in [0.15, 0.2) is 59.2 Å². The number of carboxylic acids is 1. The number of amidine groups is 1. The van der Waals surface area contributed by atoms with Crippen molar-refractivity contribution in [3.8, 4) is 0 Å². The second kappa shape index (κ2) is 7.03. The number of ether oxygens (including phenoxy) is 1. The summed E-state index contributed by atoms with van der Waals surface area (Å²) < 4.78 is 5.25. The highest BCUT2D eigenvalue weighted by molar-refractivity contribution is 6.03. The molecule has 0 saturated carbocycles. The number of carboxylic acid groups (broad SMARTS) is 1. The van der Waals surface area contributed by atoms with Crippen molar-refractivity contribution in [2.75, 3.05) is 6.54 Å². The molecule has 0 bridgehead atoms. The lowest BCUT2D eigenvalue weighted by Crippen LogP contribution is -2.51. The lowest BCUT2D eigenvalue weighted by Gasteiger charge is -2.30. The monoisotopic (exact) mass is 355 g/mol. The van der Waals surface area contributed by atoms with Crippen molar-refractivity contribution in [1.82, 2.24) is 10.2 Å². The van der Waals surface area contributed by atoms with E-state index in [0.29, 0.717) is 12.4 Å². The molecule has 1 aromatic rings. The Kier molecular flexibility index (Phi) is 4.79. The third-order valence-corrected chi connectivity index (χ3v) is 4.61. The van der Waals surface area contributed by atoms with E-state index in [0.717, 1.165) is 5.56 Å². The summed E-state index contributed by atoms with van der Waals surface area (Å²) in [5.41, 5.74) is 0.416. The molecule has 2 N–H and O–H groups in total. The lowest BCUT2D eigenvalue weighted by atomic mass is 9.94. The van der Waals surface area contributed by atoms with E-state index >= 15 is 0 Å². The minimum Gasteiger partial charge on any atom is -0.477 e. The van der Waals surface area contributed by atoms with Gasteiger partial charge in [0, 0.05) is 0 Å². The van der Waals surface area contributed by atoms with Gasteiger partial charge in [0.25, 0.3) is 0 Å². The number of fused-ring (bicyclic) bond motifs is 1. The predicted molar refractivity (Wildman–Crippen MR) is 96.6 cm³/mol. The Morgan fingerprint density at radius 2 is 2.12 bits per heavy atom. The van der Waals surface area contributed by atoms with Crippen molar-refractivity contribution in [3.05, 3.63) is 59.8 Å². The van der Waals surface area contributed by atoms with Crippen LogP contribution < -0.4 is 5.32 Å². The first-order chi connectivity index (χ1) is 12.4. The maximum Gasteiger partial charge on any atom is 0.407 e. The molecule has 3 rings (SSSR count). The zero-order valence-corrected chi connectivity index (χ0v) is 14.7. The van der Waals surface area contributed by atoms with E-state index in [4.69, 9.17) is 4.74 Å². The highest BCUT2D eigenvalue weighted by atomic mass is 16.5. The topological polar surface area (TPSA) is 91.2 Å². The van der Waals surface area contributed by atoms with Crippen molar-refractivity contribution in [2.24, 2.45) is 4.99 Å². The lowest BCUT2D eigenvalue weighted by molar-refractivity contribution is -0.133. The van der Waals surface area contributed by atoms with Gasteiger partial charge in [-0.3, -0.25) is 4.99 Å². The van der Waals surface area contributed by atoms with Crippen molar-refractivity contribution >= 4 is 17.9 Å². The molecule has 2 aliphatic rings. The second-order valence-corrected chi connectivity index (χ2v) is 6.56. The standard InChI is InChI=1S/C19H21N3O4/c1-13(20-18(25)26-11-14-7-4-3-5-8-14)19(2)12-22-15(17(23)24)9-6-10-16(22)21-19/h3-10,13H,11-12H2,1-2H3,(H,20,25)(H,23,24). The van der Waals surface area contributed by atoms with Gasteiger partial charge in [0.1, 0.15) is 18.1 Å². The van der Waals surface area contributed by atoms with Gasteiger partial charge in [-0.15, -0.1) is 0 Å². The maximum absolute atomic E-state index is 12.1. The maximum atomic E-state index is 12.1. The van der Waals surface area contributed by atoms with Gasteiger partial charge >= 0.3 is 12.1 Å². The molecule has 0 spiro atoms. The van der Waals surface area contributed by atoms with E-state index < -0.39 is 17.6 Å². The first-order valence-electron chi connectivity index (χ1n) is 8.35. The molecule has 2 heterocycles. The Hall–Kier alpha value is -3.09. The van der Waals surface area contributed by atoms with Crippen LogP contribution in [-0.4, -0.2) is 46.0 Å². The number of benzene rings is 1. The van der Waals surface area contributed by atoms with Crippen LogP contribution in [0.5, 0.6) is 0 Å². The van der Waals surface area contributed by atoms with Crippen LogP contribution in [0, 0.1) is 0 Å². The van der Waals surface area contributed by atoms with E-state index in [1.807, 2.05) is 44.2 Å². The molecule has 136 valence electrons. The van der Waals surface area contributed by atoms with Gasteiger partial charge in [0.15, 0.2) is 0 Å². The molecule has 26 heavy (non-hydrogen) atoms. The van der Waals surface area contributed by atoms with Crippen molar-refractivity contribution in [2.45, 2.75) is 32.0 Å². The Balaban J connectivity index is 1.61. The summed E-state index contributed by atoms with van der Waals surface area (Å²) in [6, 6.07) is 9.08. The quantitative estimate of drug-likeness (QED) is 0.846. The fraction of sp³-hybridized carbons (Fsp3) is 0.316. The normalized spacial score (nSPS) is 22.2. The van der Waals surface area contributed by atoms with E-state index in [2.05, 4.69) is 10.3 Å². The molecule has 0 aromatic heterocycles. The number of amides is 1. The van der Waals surface area contributed by atoms with Gasteiger partial charge in [-0.25, -0.2) is 9.59 Å². The SMILES string of the molecule is CC(NC(=O)OCc1ccccc1)C1(C)CN2C(C(=O)O)=CC=CC2=N1. The number of nitrogens with one attached hydrogen (secondary N) is 1. The number of rotatable bonds is 5. The number of allylic oxidation sites excluding steroid dienone is 2. The van der Waals surface area contributed by atoms with Gasteiger partial charge in [0.05, 0.1) is 18.1 Å². The fourth-order valence-electron chi connectivity index (χ4n) is 2.93. The van der Waals surface area contributed by atoms with Gasteiger partial charge in [-0.2, -0.15) is 0 Å². The van der Waals surface area contributed by atoms with E-state index in [1.165, 1.54) is 0 Å². The zero-order chi connectivity index (χ0) is 18.7.